The van der Waals surface area contributed by atoms with Crippen molar-refractivity contribution in [3.05, 3.63) is 54.1 Å². The van der Waals surface area contributed by atoms with Crippen LogP contribution in [0.2, 0.25) is 0 Å². The normalized spacial score (nSPS) is 10.9. The molecular weight excluding hydrogens is 266 g/mol. The van der Waals surface area contributed by atoms with Crippen LogP contribution in [0.15, 0.2) is 48.5 Å². The minimum absolute atomic E-state index is 0.0315. The summed E-state index contributed by atoms with van der Waals surface area (Å²) in [5.41, 5.74) is 3.36. The molecule has 4 nitrogen and oxygen atoms in total. The second kappa shape index (κ2) is 5.42. The zero-order chi connectivity index (χ0) is 14.8. The Kier molecular flexibility index (Phi) is 3.46. The molecule has 0 unspecified atom stereocenters. The number of hydrogen-bond acceptors (Lipinski definition) is 4. The predicted molar refractivity (Wildman–Crippen MR) is 81.3 cm³/mol. The second-order valence-electron chi connectivity index (χ2n) is 4.89. The lowest BCUT2D eigenvalue weighted by Gasteiger charge is -2.09. The summed E-state index contributed by atoms with van der Waals surface area (Å²) in [7, 11) is 0. The van der Waals surface area contributed by atoms with E-state index in [4.69, 9.17) is 0 Å². The quantitative estimate of drug-likeness (QED) is 0.690. The summed E-state index contributed by atoms with van der Waals surface area (Å²) < 4.78 is 0. The van der Waals surface area contributed by atoms with Crippen molar-refractivity contribution in [1.82, 2.24) is 4.98 Å². The lowest BCUT2D eigenvalue weighted by Crippen LogP contribution is -1.96. The first-order chi connectivity index (χ1) is 10.2. The highest BCUT2D eigenvalue weighted by Gasteiger charge is 2.08. The molecular formula is C17H15NO3. The first kappa shape index (κ1) is 13.4. The van der Waals surface area contributed by atoms with E-state index in [-0.39, 0.29) is 18.1 Å². The maximum atomic E-state index is 9.62. The lowest BCUT2D eigenvalue weighted by molar-refractivity contribution is 0.300. The van der Waals surface area contributed by atoms with E-state index in [1.54, 1.807) is 42.5 Å². The standard InChI is InChI=1S/C17H15NO3/c19-8-7-12-9-17(11-1-3-13(20)4-2-11)18-16-6-5-14(21)10-15(12)16/h1-6,9-10,19-21H,7-8H2. The fourth-order valence-corrected chi connectivity index (χ4v) is 2.39. The summed E-state index contributed by atoms with van der Waals surface area (Å²) in [4.78, 5) is 4.58. The maximum absolute atomic E-state index is 9.62. The van der Waals surface area contributed by atoms with Crippen LogP contribution in [0.4, 0.5) is 0 Å². The fraction of sp³-hybridized carbons (Fsp3) is 0.118. The van der Waals surface area contributed by atoms with E-state index >= 15 is 0 Å². The number of fused-ring (bicyclic) bond motifs is 1. The molecule has 0 atom stereocenters. The molecule has 0 saturated carbocycles. The van der Waals surface area contributed by atoms with E-state index in [0.29, 0.717) is 6.42 Å². The Morgan fingerprint density at radius 2 is 1.57 bits per heavy atom. The first-order valence-corrected chi connectivity index (χ1v) is 6.70. The van der Waals surface area contributed by atoms with Gasteiger partial charge < -0.3 is 15.3 Å². The molecule has 1 heterocycles. The molecule has 0 amide bonds. The zero-order valence-electron chi connectivity index (χ0n) is 11.3. The maximum Gasteiger partial charge on any atom is 0.116 e. The van der Waals surface area contributed by atoms with E-state index in [1.165, 1.54) is 0 Å². The van der Waals surface area contributed by atoms with Gasteiger partial charge in [0.05, 0.1) is 11.2 Å². The van der Waals surface area contributed by atoms with Crippen molar-refractivity contribution in [3.8, 4) is 22.8 Å². The molecule has 0 aliphatic rings. The molecule has 3 N–H and O–H groups in total. The minimum Gasteiger partial charge on any atom is -0.508 e. The van der Waals surface area contributed by atoms with Crippen LogP contribution in [0, 0.1) is 0 Å². The number of aliphatic hydroxyl groups is 1. The van der Waals surface area contributed by atoms with Crippen molar-refractivity contribution in [3.63, 3.8) is 0 Å². The third kappa shape index (κ3) is 2.66. The summed E-state index contributed by atoms with van der Waals surface area (Å²) in [6.45, 7) is 0.0315. The average molecular weight is 281 g/mol. The number of nitrogens with zero attached hydrogens (tertiary/aromatic N) is 1. The van der Waals surface area contributed by atoms with Gasteiger partial charge in [-0.15, -0.1) is 0 Å². The molecule has 106 valence electrons. The van der Waals surface area contributed by atoms with Crippen LogP contribution in [0.1, 0.15) is 5.56 Å². The third-order valence-electron chi connectivity index (χ3n) is 3.42. The Bertz CT molecular complexity index is 782. The second-order valence-corrected chi connectivity index (χ2v) is 4.89. The number of aromatic hydroxyl groups is 2. The molecule has 0 saturated heterocycles. The number of aromatic nitrogens is 1. The summed E-state index contributed by atoms with van der Waals surface area (Å²) in [5, 5.41) is 29.1. The highest BCUT2D eigenvalue weighted by Crippen LogP contribution is 2.28. The SMILES string of the molecule is OCCc1cc(-c2ccc(O)cc2)nc2ccc(O)cc12. The minimum atomic E-state index is 0.0315. The van der Waals surface area contributed by atoms with Gasteiger partial charge in [-0.1, -0.05) is 0 Å². The molecule has 0 fully saturated rings. The number of phenols is 2. The summed E-state index contributed by atoms with van der Waals surface area (Å²) >= 11 is 0. The van der Waals surface area contributed by atoms with Crippen LogP contribution in [0.25, 0.3) is 22.2 Å². The summed E-state index contributed by atoms with van der Waals surface area (Å²) in [6.07, 6.45) is 0.494. The van der Waals surface area contributed by atoms with E-state index in [1.807, 2.05) is 6.07 Å². The molecule has 21 heavy (non-hydrogen) atoms. The van der Waals surface area contributed by atoms with Gasteiger partial charge in [0.1, 0.15) is 11.5 Å². The monoisotopic (exact) mass is 281 g/mol. The number of hydrogen-bond donors (Lipinski definition) is 3. The smallest absolute Gasteiger partial charge is 0.116 e. The van der Waals surface area contributed by atoms with E-state index in [0.717, 1.165) is 27.7 Å². The van der Waals surface area contributed by atoms with Gasteiger partial charge in [-0.25, -0.2) is 4.98 Å². The molecule has 4 heteroatoms. The summed E-state index contributed by atoms with van der Waals surface area (Å²) in [6, 6.07) is 13.7. The molecule has 3 rings (SSSR count). The molecule has 2 aromatic carbocycles. The van der Waals surface area contributed by atoms with Gasteiger partial charge in [0.15, 0.2) is 0 Å². The average Bonchev–Trinajstić information content (AvgIpc) is 2.48. The van der Waals surface area contributed by atoms with Gasteiger partial charge in [0.2, 0.25) is 0 Å². The Labute approximate surface area is 122 Å². The summed E-state index contributed by atoms with van der Waals surface area (Å²) in [5.74, 6) is 0.390. The number of benzene rings is 2. The van der Waals surface area contributed by atoms with E-state index in [2.05, 4.69) is 4.98 Å². The Hall–Kier alpha value is -2.59. The van der Waals surface area contributed by atoms with Crippen LogP contribution in [0.5, 0.6) is 11.5 Å². The molecule has 0 aliphatic carbocycles. The van der Waals surface area contributed by atoms with Crippen LogP contribution < -0.4 is 0 Å². The van der Waals surface area contributed by atoms with Crippen LogP contribution in [-0.2, 0) is 6.42 Å². The molecule has 0 spiro atoms. The highest BCUT2D eigenvalue weighted by molar-refractivity contribution is 5.86. The van der Waals surface area contributed by atoms with Gasteiger partial charge in [-0.3, -0.25) is 0 Å². The Morgan fingerprint density at radius 1 is 0.857 bits per heavy atom. The molecule has 1 aromatic heterocycles. The van der Waals surface area contributed by atoms with Gasteiger partial charge in [0.25, 0.3) is 0 Å². The molecule has 0 aliphatic heterocycles. The van der Waals surface area contributed by atoms with Gasteiger partial charge in [-0.05, 0) is 60.5 Å². The van der Waals surface area contributed by atoms with Gasteiger partial charge in [0, 0.05) is 17.6 Å². The van der Waals surface area contributed by atoms with Crippen molar-refractivity contribution < 1.29 is 15.3 Å². The van der Waals surface area contributed by atoms with Crippen LogP contribution in [-0.4, -0.2) is 26.9 Å². The molecule has 3 aromatic rings. The van der Waals surface area contributed by atoms with Gasteiger partial charge in [-0.2, -0.15) is 0 Å². The molecule has 0 bridgehead atoms. The van der Waals surface area contributed by atoms with Crippen molar-refractivity contribution in [2.75, 3.05) is 6.61 Å². The van der Waals surface area contributed by atoms with Crippen LogP contribution in [0.3, 0.4) is 0 Å². The van der Waals surface area contributed by atoms with Crippen molar-refractivity contribution in [2.24, 2.45) is 0 Å². The first-order valence-electron chi connectivity index (χ1n) is 6.70. The largest absolute Gasteiger partial charge is 0.508 e. The number of phenolic OH excluding ortho intramolecular Hbond substituents is 2. The number of pyridine rings is 1. The van der Waals surface area contributed by atoms with Crippen molar-refractivity contribution in [1.29, 1.82) is 0 Å². The van der Waals surface area contributed by atoms with E-state index < -0.39 is 0 Å². The predicted octanol–water partition coefficient (Wildman–Crippen LogP) is 2.85. The van der Waals surface area contributed by atoms with Crippen molar-refractivity contribution in [2.45, 2.75) is 6.42 Å². The molecule has 0 radical (unpaired) electrons. The fourth-order valence-electron chi connectivity index (χ4n) is 2.39. The highest BCUT2D eigenvalue weighted by atomic mass is 16.3. The van der Waals surface area contributed by atoms with Crippen LogP contribution >= 0.6 is 0 Å². The third-order valence-corrected chi connectivity index (χ3v) is 3.42. The van der Waals surface area contributed by atoms with Gasteiger partial charge >= 0.3 is 0 Å². The lowest BCUT2D eigenvalue weighted by atomic mass is 10.0. The van der Waals surface area contributed by atoms with E-state index in [9.17, 15) is 15.3 Å². The number of rotatable bonds is 3. The zero-order valence-corrected chi connectivity index (χ0v) is 11.3. The topological polar surface area (TPSA) is 73.6 Å². The Balaban J connectivity index is 2.20. The Morgan fingerprint density at radius 3 is 2.29 bits per heavy atom. The van der Waals surface area contributed by atoms with Crippen molar-refractivity contribution >= 4 is 10.9 Å². The number of aliphatic hydroxyl groups excluding tert-OH is 1.